The molecule has 21 heavy (non-hydrogen) atoms. The highest BCUT2D eigenvalue weighted by molar-refractivity contribution is 8.00. The Morgan fingerprint density at radius 1 is 1.19 bits per heavy atom. The number of nitrogens with two attached hydrogens (primary N) is 1. The van der Waals surface area contributed by atoms with E-state index in [0.29, 0.717) is 43.0 Å². The molecule has 2 rings (SSSR count). The second-order valence-electron chi connectivity index (χ2n) is 6.12. The van der Waals surface area contributed by atoms with Crippen LogP contribution >= 0.6 is 11.8 Å². The summed E-state index contributed by atoms with van der Waals surface area (Å²) in [6.07, 6.45) is 1.41. The highest BCUT2D eigenvalue weighted by atomic mass is 32.2. The molecule has 7 heteroatoms. The Hall–Kier alpha value is -0.790. The van der Waals surface area contributed by atoms with E-state index in [1.54, 1.807) is 0 Å². The molecule has 2 aliphatic rings. The third-order valence-electron chi connectivity index (χ3n) is 4.21. The molecule has 0 aromatic carbocycles. The minimum absolute atomic E-state index is 0.0505. The first kappa shape index (κ1) is 16.6. The van der Waals surface area contributed by atoms with Crippen LogP contribution < -0.4 is 11.3 Å². The van der Waals surface area contributed by atoms with E-state index >= 15 is 0 Å². The maximum absolute atomic E-state index is 12.4. The molecule has 2 saturated heterocycles. The number of piperidine rings is 1. The van der Waals surface area contributed by atoms with Gasteiger partial charge in [0.2, 0.25) is 11.8 Å². The molecule has 6 nitrogen and oxygen atoms in total. The van der Waals surface area contributed by atoms with Crippen LogP contribution in [-0.4, -0.2) is 64.8 Å². The monoisotopic (exact) mass is 314 g/mol. The van der Waals surface area contributed by atoms with Crippen LogP contribution in [0.4, 0.5) is 0 Å². The highest BCUT2D eigenvalue weighted by Gasteiger charge is 2.29. The Labute approximate surface area is 130 Å². The number of nitrogens with one attached hydrogen (secondary N) is 1. The number of hydrogen-bond acceptors (Lipinski definition) is 5. The van der Waals surface area contributed by atoms with Gasteiger partial charge in [-0.25, -0.2) is 5.84 Å². The topological polar surface area (TPSA) is 78.7 Å². The quantitative estimate of drug-likeness (QED) is 0.437. The van der Waals surface area contributed by atoms with Crippen molar-refractivity contribution in [3.8, 4) is 0 Å². The number of nitrogens with zero attached hydrogens (tertiary/aromatic N) is 2. The zero-order valence-electron chi connectivity index (χ0n) is 12.9. The molecule has 2 unspecified atom stereocenters. The summed E-state index contributed by atoms with van der Waals surface area (Å²) < 4.78 is 0. The molecular formula is C14H26N4O2S. The van der Waals surface area contributed by atoms with Crippen molar-refractivity contribution < 1.29 is 9.59 Å². The van der Waals surface area contributed by atoms with E-state index in [-0.39, 0.29) is 17.7 Å². The number of hydrogen-bond donors (Lipinski definition) is 2. The summed E-state index contributed by atoms with van der Waals surface area (Å²) in [7, 11) is 0. The Morgan fingerprint density at radius 2 is 1.76 bits per heavy atom. The van der Waals surface area contributed by atoms with Gasteiger partial charge >= 0.3 is 0 Å². The summed E-state index contributed by atoms with van der Waals surface area (Å²) in [4.78, 5) is 28.0. The van der Waals surface area contributed by atoms with Gasteiger partial charge in [0, 0.05) is 42.6 Å². The van der Waals surface area contributed by atoms with E-state index in [0.717, 1.165) is 13.1 Å². The Morgan fingerprint density at radius 3 is 2.29 bits per heavy atom. The lowest BCUT2D eigenvalue weighted by Crippen LogP contribution is -2.49. The van der Waals surface area contributed by atoms with Crippen LogP contribution in [0.25, 0.3) is 0 Å². The smallest absolute Gasteiger partial charge is 0.237 e. The molecule has 0 bridgehead atoms. The van der Waals surface area contributed by atoms with Gasteiger partial charge < -0.3 is 4.90 Å². The van der Waals surface area contributed by atoms with E-state index in [4.69, 9.17) is 5.84 Å². The number of carbonyl (C=O) groups excluding carboxylic acids is 2. The predicted octanol–water partition coefficient (Wildman–Crippen LogP) is 0.0407. The normalized spacial score (nSPS) is 28.4. The largest absolute Gasteiger partial charge is 0.342 e. The molecule has 2 amide bonds. The van der Waals surface area contributed by atoms with Gasteiger partial charge in [-0.05, 0) is 12.8 Å². The molecule has 0 saturated carbocycles. The van der Waals surface area contributed by atoms with Crippen molar-refractivity contribution in [3.63, 3.8) is 0 Å². The second kappa shape index (κ2) is 7.47. The molecule has 2 aliphatic heterocycles. The maximum atomic E-state index is 12.4. The van der Waals surface area contributed by atoms with Gasteiger partial charge in [0.1, 0.15) is 0 Å². The maximum Gasteiger partial charge on any atom is 0.237 e. The molecule has 2 heterocycles. The lowest BCUT2D eigenvalue weighted by atomic mass is 9.96. The van der Waals surface area contributed by atoms with E-state index in [1.165, 1.54) is 0 Å². The lowest BCUT2D eigenvalue weighted by molar-refractivity contribution is -0.136. The molecule has 2 atom stereocenters. The lowest BCUT2D eigenvalue weighted by Gasteiger charge is -2.37. The number of carbonyl (C=O) groups is 2. The van der Waals surface area contributed by atoms with Gasteiger partial charge in [-0.2, -0.15) is 11.8 Å². The average molecular weight is 314 g/mol. The van der Waals surface area contributed by atoms with Crippen LogP contribution in [0.15, 0.2) is 0 Å². The number of rotatable bonds is 3. The fourth-order valence-corrected chi connectivity index (χ4v) is 4.60. The molecule has 0 aromatic rings. The molecule has 3 N–H and O–H groups in total. The third-order valence-corrected chi connectivity index (χ3v) is 5.44. The first-order chi connectivity index (χ1) is 9.99. The summed E-state index contributed by atoms with van der Waals surface area (Å²) >= 11 is 1.99. The summed E-state index contributed by atoms with van der Waals surface area (Å²) in [5, 5.41) is 1.17. The van der Waals surface area contributed by atoms with Crippen LogP contribution in [0.1, 0.15) is 26.7 Å². The number of hydrazine groups is 1. The van der Waals surface area contributed by atoms with Crippen molar-refractivity contribution in [1.82, 2.24) is 15.2 Å². The minimum Gasteiger partial charge on any atom is -0.342 e. The van der Waals surface area contributed by atoms with Crippen LogP contribution in [0.5, 0.6) is 0 Å². The Balaban J connectivity index is 1.78. The molecule has 0 aliphatic carbocycles. The van der Waals surface area contributed by atoms with Crippen molar-refractivity contribution in [1.29, 1.82) is 0 Å². The Kier molecular flexibility index (Phi) is 5.89. The minimum atomic E-state index is -0.113. The van der Waals surface area contributed by atoms with Crippen molar-refractivity contribution in [2.24, 2.45) is 11.8 Å². The third kappa shape index (κ3) is 4.59. The SMILES string of the molecule is CC1CN(CC(=O)N2CCC(C(=O)NN)CC2)CC(C)S1. The van der Waals surface area contributed by atoms with Crippen molar-refractivity contribution >= 4 is 23.6 Å². The number of thioether (sulfide) groups is 1. The summed E-state index contributed by atoms with van der Waals surface area (Å²) in [6, 6.07) is 0. The average Bonchev–Trinajstić information content (AvgIpc) is 2.45. The highest BCUT2D eigenvalue weighted by Crippen LogP contribution is 2.25. The van der Waals surface area contributed by atoms with E-state index in [9.17, 15) is 9.59 Å². The molecule has 120 valence electrons. The molecule has 0 radical (unpaired) electrons. The number of amides is 2. The molecule has 0 spiro atoms. The zero-order chi connectivity index (χ0) is 15.4. The summed E-state index contributed by atoms with van der Waals surface area (Å²) in [5.74, 6) is 5.18. The second-order valence-corrected chi connectivity index (χ2v) is 8.00. The molecular weight excluding hydrogens is 288 g/mol. The van der Waals surface area contributed by atoms with Gasteiger partial charge in [0.15, 0.2) is 0 Å². The van der Waals surface area contributed by atoms with E-state index < -0.39 is 0 Å². The predicted molar refractivity (Wildman–Crippen MR) is 84.6 cm³/mol. The van der Waals surface area contributed by atoms with Gasteiger partial charge in [0.05, 0.1) is 6.54 Å². The van der Waals surface area contributed by atoms with Gasteiger partial charge in [-0.3, -0.25) is 19.9 Å². The van der Waals surface area contributed by atoms with Crippen LogP contribution in [0, 0.1) is 5.92 Å². The van der Waals surface area contributed by atoms with Gasteiger partial charge in [0.25, 0.3) is 0 Å². The van der Waals surface area contributed by atoms with Crippen molar-refractivity contribution in [2.75, 3.05) is 32.7 Å². The van der Waals surface area contributed by atoms with E-state index in [1.807, 2.05) is 16.7 Å². The fourth-order valence-electron chi connectivity index (χ4n) is 3.21. The van der Waals surface area contributed by atoms with Crippen molar-refractivity contribution in [2.45, 2.75) is 37.2 Å². The van der Waals surface area contributed by atoms with Crippen LogP contribution in [0.2, 0.25) is 0 Å². The van der Waals surface area contributed by atoms with E-state index in [2.05, 4.69) is 24.2 Å². The molecule has 0 aromatic heterocycles. The summed E-state index contributed by atoms with van der Waals surface area (Å²) in [5.41, 5.74) is 2.20. The molecule has 2 fully saturated rings. The standard InChI is InChI=1S/C14H26N4O2S/c1-10-7-17(8-11(2)21-10)9-13(19)18-5-3-12(4-6-18)14(20)16-15/h10-12H,3-9,15H2,1-2H3,(H,16,20). The Bertz CT molecular complexity index is 375. The van der Waals surface area contributed by atoms with Crippen LogP contribution in [-0.2, 0) is 9.59 Å². The van der Waals surface area contributed by atoms with Gasteiger partial charge in [-0.1, -0.05) is 13.8 Å². The van der Waals surface area contributed by atoms with Gasteiger partial charge in [-0.15, -0.1) is 0 Å². The fraction of sp³-hybridized carbons (Fsp3) is 0.857. The zero-order valence-corrected chi connectivity index (χ0v) is 13.7. The first-order valence-corrected chi connectivity index (χ1v) is 8.60. The first-order valence-electron chi connectivity index (χ1n) is 7.65. The van der Waals surface area contributed by atoms with Crippen LogP contribution in [0.3, 0.4) is 0 Å². The summed E-state index contributed by atoms with van der Waals surface area (Å²) in [6.45, 7) is 8.21. The van der Waals surface area contributed by atoms with Crippen molar-refractivity contribution in [3.05, 3.63) is 0 Å². The number of likely N-dealkylation sites (tertiary alicyclic amines) is 1.